The standard InChI is InChI=1S/C13H14N2O3/c1-6-9(13(16)17-3)10-7(2)15-18-12(10)14-11(6)8-4-5-8/h8H,4-5H2,1-3H3. The van der Waals surface area contributed by atoms with Gasteiger partial charge in [-0.3, -0.25) is 0 Å². The summed E-state index contributed by atoms with van der Waals surface area (Å²) in [5, 5.41) is 4.56. The maximum atomic E-state index is 12.0. The Morgan fingerprint density at radius 3 is 2.72 bits per heavy atom. The number of methoxy groups -OCH3 is 1. The molecule has 0 unspecified atom stereocenters. The van der Waals surface area contributed by atoms with Crippen LogP contribution in [0.2, 0.25) is 0 Å². The Hall–Kier alpha value is -1.91. The molecule has 1 saturated carbocycles. The van der Waals surface area contributed by atoms with Crippen LogP contribution in [-0.2, 0) is 4.74 Å². The summed E-state index contributed by atoms with van der Waals surface area (Å²) in [6, 6.07) is 0. The van der Waals surface area contributed by atoms with Crippen molar-refractivity contribution in [2.45, 2.75) is 32.6 Å². The molecule has 0 amide bonds. The molecule has 3 rings (SSSR count). The first-order valence-corrected chi connectivity index (χ1v) is 5.98. The molecule has 2 heterocycles. The second-order valence-corrected chi connectivity index (χ2v) is 4.71. The molecule has 0 saturated heterocycles. The van der Waals surface area contributed by atoms with Crippen LogP contribution in [0.3, 0.4) is 0 Å². The number of fused-ring (bicyclic) bond motifs is 1. The third-order valence-corrected chi connectivity index (χ3v) is 3.43. The second-order valence-electron chi connectivity index (χ2n) is 4.71. The number of carbonyl (C=O) groups excluding carboxylic acids is 1. The average molecular weight is 246 g/mol. The van der Waals surface area contributed by atoms with Crippen molar-refractivity contribution in [3.8, 4) is 0 Å². The fraction of sp³-hybridized carbons (Fsp3) is 0.462. The van der Waals surface area contributed by atoms with Gasteiger partial charge in [-0.1, -0.05) is 5.16 Å². The summed E-state index contributed by atoms with van der Waals surface area (Å²) in [4.78, 5) is 16.5. The first kappa shape index (κ1) is 11.2. The predicted octanol–water partition coefficient (Wildman–Crippen LogP) is 2.50. The van der Waals surface area contributed by atoms with Crippen LogP contribution in [0.1, 0.15) is 46.1 Å². The van der Waals surface area contributed by atoms with E-state index in [0.29, 0.717) is 28.3 Å². The van der Waals surface area contributed by atoms with Gasteiger partial charge >= 0.3 is 5.97 Å². The highest BCUT2D eigenvalue weighted by Crippen LogP contribution is 2.42. The van der Waals surface area contributed by atoms with Crippen LogP contribution >= 0.6 is 0 Å². The minimum atomic E-state index is -0.354. The highest BCUT2D eigenvalue weighted by Gasteiger charge is 2.31. The van der Waals surface area contributed by atoms with Crippen LogP contribution < -0.4 is 0 Å². The molecule has 5 nitrogen and oxygen atoms in total. The van der Waals surface area contributed by atoms with E-state index in [1.54, 1.807) is 6.92 Å². The highest BCUT2D eigenvalue weighted by molar-refractivity contribution is 6.04. The zero-order valence-corrected chi connectivity index (χ0v) is 10.6. The highest BCUT2D eigenvalue weighted by atomic mass is 16.5. The van der Waals surface area contributed by atoms with Crippen LogP contribution in [0.5, 0.6) is 0 Å². The Morgan fingerprint density at radius 2 is 2.11 bits per heavy atom. The fourth-order valence-electron chi connectivity index (χ4n) is 2.34. The lowest BCUT2D eigenvalue weighted by atomic mass is 10.0. The molecular formula is C13H14N2O3. The molecule has 2 aromatic rings. The maximum Gasteiger partial charge on any atom is 0.339 e. The fourth-order valence-corrected chi connectivity index (χ4v) is 2.34. The van der Waals surface area contributed by atoms with Crippen molar-refractivity contribution in [2.24, 2.45) is 0 Å². The van der Waals surface area contributed by atoms with Gasteiger partial charge < -0.3 is 9.26 Å². The van der Waals surface area contributed by atoms with Crippen molar-refractivity contribution < 1.29 is 14.1 Å². The lowest BCUT2D eigenvalue weighted by Crippen LogP contribution is -2.08. The smallest absolute Gasteiger partial charge is 0.339 e. The number of hydrogen-bond donors (Lipinski definition) is 0. The van der Waals surface area contributed by atoms with E-state index < -0.39 is 0 Å². The number of carbonyl (C=O) groups is 1. The van der Waals surface area contributed by atoms with Crippen LogP contribution in [0.15, 0.2) is 4.52 Å². The Morgan fingerprint density at radius 1 is 1.39 bits per heavy atom. The van der Waals surface area contributed by atoms with Crippen LogP contribution in [0, 0.1) is 13.8 Å². The van der Waals surface area contributed by atoms with Gasteiger partial charge in [-0.15, -0.1) is 0 Å². The van der Waals surface area contributed by atoms with Crippen LogP contribution in [0.4, 0.5) is 0 Å². The molecule has 1 aliphatic carbocycles. The summed E-state index contributed by atoms with van der Waals surface area (Å²) in [6.45, 7) is 3.72. The van der Waals surface area contributed by atoms with Crippen LogP contribution in [-0.4, -0.2) is 23.2 Å². The molecular weight excluding hydrogens is 232 g/mol. The van der Waals surface area contributed by atoms with Gasteiger partial charge in [-0.05, 0) is 32.3 Å². The first-order valence-electron chi connectivity index (χ1n) is 5.98. The predicted molar refractivity (Wildman–Crippen MR) is 64.6 cm³/mol. The summed E-state index contributed by atoms with van der Waals surface area (Å²) in [5.41, 5.74) is 3.48. The number of hydrogen-bond acceptors (Lipinski definition) is 5. The molecule has 5 heteroatoms. The number of rotatable bonds is 2. The lowest BCUT2D eigenvalue weighted by Gasteiger charge is -2.09. The number of aryl methyl sites for hydroxylation is 1. The normalized spacial score (nSPS) is 15.1. The Bertz CT molecular complexity index is 641. The molecule has 0 spiro atoms. The first-order chi connectivity index (χ1) is 8.63. The summed E-state index contributed by atoms with van der Waals surface area (Å²) >= 11 is 0. The van der Waals surface area contributed by atoms with E-state index in [0.717, 1.165) is 24.1 Å². The summed E-state index contributed by atoms with van der Waals surface area (Å²) in [7, 11) is 1.38. The summed E-state index contributed by atoms with van der Waals surface area (Å²) in [5.74, 6) is 0.0938. The molecule has 2 aromatic heterocycles. The molecule has 18 heavy (non-hydrogen) atoms. The zero-order valence-electron chi connectivity index (χ0n) is 10.6. The van der Waals surface area contributed by atoms with Crippen molar-refractivity contribution in [3.05, 3.63) is 22.5 Å². The van der Waals surface area contributed by atoms with Gasteiger partial charge in [-0.25, -0.2) is 9.78 Å². The van der Waals surface area contributed by atoms with E-state index in [2.05, 4.69) is 10.1 Å². The van der Waals surface area contributed by atoms with Crippen molar-refractivity contribution in [3.63, 3.8) is 0 Å². The maximum absolute atomic E-state index is 12.0. The number of pyridine rings is 1. The van der Waals surface area contributed by atoms with Gasteiger partial charge in [0.25, 0.3) is 5.71 Å². The number of aromatic nitrogens is 2. The van der Waals surface area contributed by atoms with Crippen LogP contribution in [0.25, 0.3) is 11.1 Å². The van der Waals surface area contributed by atoms with E-state index >= 15 is 0 Å². The third-order valence-electron chi connectivity index (χ3n) is 3.43. The zero-order chi connectivity index (χ0) is 12.9. The van der Waals surface area contributed by atoms with Crippen molar-refractivity contribution in [1.29, 1.82) is 0 Å². The largest absolute Gasteiger partial charge is 0.465 e. The van der Waals surface area contributed by atoms with Gasteiger partial charge in [0.15, 0.2) is 0 Å². The van der Waals surface area contributed by atoms with E-state index in [9.17, 15) is 4.79 Å². The quantitative estimate of drug-likeness (QED) is 0.762. The molecule has 0 atom stereocenters. The average Bonchev–Trinajstić information content (AvgIpc) is 3.14. The summed E-state index contributed by atoms with van der Waals surface area (Å²) < 4.78 is 10.1. The van der Waals surface area contributed by atoms with Gasteiger partial charge in [0, 0.05) is 5.92 Å². The van der Waals surface area contributed by atoms with Gasteiger partial charge in [0.2, 0.25) is 0 Å². The minimum Gasteiger partial charge on any atom is -0.465 e. The number of nitrogens with zero attached hydrogens (tertiary/aromatic N) is 2. The van der Waals surface area contributed by atoms with Gasteiger partial charge in [0.1, 0.15) is 0 Å². The molecule has 0 radical (unpaired) electrons. The van der Waals surface area contributed by atoms with E-state index in [4.69, 9.17) is 9.26 Å². The minimum absolute atomic E-state index is 0.354. The van der Waals surface area contributed by atoms with E-state index in [1.807, 2.05) is 6.92 Å². The Kier molecular flexibility index (Phi) is 2.36. The Labute approximate surface area is 104 Å². The SMILES string of the molecule is COC(=O)c1c(C)c(C2CC2)nc2onc(C)c12. The summed E-state index contributed by atoms with van der Waals surface area (Å²) in [6.07, 6.45) is 2.24. The van der Waals surface area contributed by atoms with E-state index in [-0.39, 0.29) is 5.97 Å². The monoisotopic (exact) mass is 246 g/mol. The lowest BCUT2D eigenvalue weighted by molar-refractivity contribution is 0.0602. The number of ether oxygens (including phenoxy) is 1. The molecule has 0 N–H and O–H groups in total. The molecule has 0 aliphatic heterocycles. The van der Waals surface area contributed by atoms with Gasteiger partial charge in [0.05, 0.1) is 29.4 Å². The molecule has 94 valence electrons. The third kappa shape index (κ3) is 1.50. The van der Waals surface area contributed by atoms with Crippen molar-refractivity contribution >= 4 is 17.1 Å². The van der Waals surface area contributed by atoms with Gasteiger partial charge in [-0.2, -0.15) is 0 Å². The Balaban J connectivity index is 2.35. The number of esters is 1. The van der Waals surface area contributed by atoms with Crippen molar-refractivity contribution in [1.82, 2.24) is 10.1 Å². The van der Waals surface area contributed by atoms with E-state index in [1.165, 1.54) is 7.11 Å². The topological polar surface area (TPSA) is 65.2 Å². The molecule has 0 aromatic carbocycles. The molecule has 0 bridgehead atoms. The van der Waals surface area contributed by atoms with Crippen molar-refractivity contribution in [2.75, 3.05) is 7.11 Å². The molecule has 1 fully saturated rings. The second kappa shape index (κ2) is 3.80. The molecule has 1 aliphatic rings.